The number of fused-ring (bicyclic) bond motifs is 2. The largest absolute Gasteiger partial charge is 0.381 e. The average molecular weight is 280 g/mol. The molecule has 0 bridgehead atoms. The van der Waals surface area contributed by atoms with Gasteiger partial charge in [0.25, 0.3) is 0 Å². The molecule has 2 aliphatic heterocycles. The van der Waals surface area contributed by atoms with Gasteiger partial charge in [0.05, 0.1) is 24.8 Å². The number of hydrogen-bond acceptors (Lipinski definition) is 5. The highest BCUT2D eigenvalue weighted by Crippen LogP contribution is 2.34. The van der Waals surface area contributed by atoms with Crippen molar-refractivity contribution in [3.05, 3.63) is 11.5 Å². The topological polar surface area (TPSA) is 56.1 Å². The predicted octanol–water partition coefficient (Wildman–Crippen LogP) is 1.10. The van der Waals surface area contributed by atoms with Gasteiger partial charge in [-0.15, -0.1) is 0 Å². The molecule has 2 aromatic heterocycles. The van der Waals surface area contributed by atoms with Crippen molar-refractivity contribution in [2.75, 3.05) is 31.2 Å². The summed E-state index contributed by atoms with van der Waals surface area (Å²) in [6.45, 7) is 3.66. The molecule has 2 aromatic rings. The molecule has 0 radical (unpaired) electrons. The van der Waals surface area contributed by atoms with Crippen LogP contribution in [0.2, 0.25) is 5.28 Å². The Morgan fingerprint density at radius 3 is 2.74 bits per heavy atom. The minimum absolute atomic E-state index is 0.277. The first-order valence-electron chi connectivity index (χ1n) is 6.40. The van der Waals surface area contributed by atoms with Gasteiger partial charge in [-0.3, -0.25) is 4.68 Å². The first-order chi connectivity index (χ1) is 9.22. The minimum atomic E-state index is 0.277. The van der Waals surface area contributed by atoms with E-state index >= 15 is 0 Å². The van der Waals surface area contributed by atoms with Crippen LogP contribution in [0.4, 0.5) is 5.82 Å². The smallest absolute Gasteiger partial charge is 0.226 e. The molecule has 2 fully saturated rings. The Bertz CT molecular complexity index is 630. The minimum Gasteiger partial charge on any atom is -0.381 e. The molecule has 0 spiro atoms. The zero-order valence-corrected chi connectivity index (χ0v) is 11.3. The molecule has 2 saturated heterocycles. The summed E-state index contributed by atoms with van der Waals surface area (Å²) in [4.78, 5) is 10.9. The standard InChI is InChI=1S/C12H14ClN5O/c1-17-10-9(2-14-17)11(16-12(13)15-10)18-3-7-5-19-6-8(7)4-18/h2,7-8H,3-6H2,1H3/t7-,8+. The maximum atomic E-state index is 6.04. The van der Waals surface area contributed by atoms with Gasteiger partial charge in [0.15, 0.2) is 5.65 Å². The normalized spacial score (nSPS) is 26.3. The maximum absolute atomic E-state index is 6.04. The number of hydrogen-bond donors (Lipinski definition) is 0. The summed E-state index contributed by atoms with van der Waals surface area (Å²) < 4.78 is 7.24. The van der Waals surface area contributed by atoms with Crippen LogP contribution in [-0.4, -0.2) is 46.1 Å². The number of halogens is 1. The Morgan fingerprint density at radius 2 is 2.00 bits per heavy atom. The highest BCUT2D eigenvalue weighted by Gasteiger charge is 2.38. The van der Waals surface area contributed by atoms with Crippen molar-refractivity contribution in [2.45, 2.75) is 0 Å². The van der Waals surface area contributed by atoms with E-state index in [0.29, 0.717) is 11.8 Å². The van der Waals surface area contributed by atoms with E-state index in [4.69, 9.17) is 16.3 Å². The zero-order chi connectivity index (χ0) is 13.0. The molecule has 0 aromatic carbocycles. The predicted molar refractivity (Wildman–Crippen MR) is 71.3 cm³/mol. The summed E-state index contributed by atoms with van der Waals surface area (Å²) in [6.07, 6.45) is 1.81. The molecular formula is C12H14ClN5O. The summed E-state index contributed by atoms with van der Waals surface area (Å²) in [6, 6.07) is 0. The van der Waals surface area contributed by atoms with Crippen molar-refractivity contribution in [3.63, 3.8) is 0 Å². The molecule has 4 heterocycles. The SMILES string of the molecule is Cn1ncc2c(N3C[C@H]4COC[C@H]4C3)nc(Cl)nc21. The number of aromatic nitrogens is 4. The summed E-state index contributed by atoms with van der Waals surface area (Å²) in [5.74, 6) is 2.12. The van der Waals surface area contributed by atoms with Crippen LogP contribution < -0.4 is 4.90 Å². The molecule has 0 saturated carbocycles. The Kier molecular flexibility index (Phi) is 2.43. The fourth-order valence-corrected chi connectivity index (χ4v) is 3.24. The molecule has 0 N–H and O–H groups in total. The van der Waals surface area contributed by atoms with Gasteiger partial charge < -0.3 is 9.64 Å². The van der Waals surface area contributed by atoms with Crippen LogP contribution in [0, 0.1) is 11.8 Å². The third-order valence-corrected chi connectivity index (χ3v) is 4.25. The number of anilines is 1. The molecule has 0 aliphatic carbocycles. The second-order valence-electron chi connectivity index (χ2n) is 5.28. The van der Waals surface area contributed by atoms with Gasteiger partial charge in [-0.1, -0.05) is 0 Å². The lowest BCUT2D eigenvalue weighted by atomic mass is 10.0. The van der Waals surface area contributed by atoms with E-state index in [9.17, 15) is 0 Å². The number of nitrogens with zero attached hydrogens (tertiary/aromatic N) is 5. The maximum Gasteiger partial charge on any atom is 0.226 e. The summed E-state index contributed by atoms with van der Waals surface area (Å²) in [5, 5.41) is 5.49. The van der Waals surface area contributed by atoms with E-state index < -0.39 is 0 Å². The Balaban J connectivity index is 1.78. The molecule has 4 rings (SSSR count). The van der Waals surface area contributed by atoms with Gasteiger partial charge in [-0.2, -0.15) is 15.1 Å². The van der Waals surface area contributed by atoms with Gasteiger partial charge in [-0.25, -0.2) is 0 Å². The number of aryl methyl sites for hydroxylation is 1. The lowest BCUT2D eigenvalue weighted by molar-refractivity contribution is 0.177. The first kappa shape index (κ1) is 11.4. The third kappa shape index (κ3) is 1.70. The highest BCUT2D eigenvalue weighted by atomic mass is 35.5. The Morgan fingerprint density at radius 1 is 1.26 bits per heavy atom. The number of ether oxygens (including phenoxy) is 1. The van der Waals surface area contributed by atoms with Crippen LogP contribution >= 0.6 is 11.6 Å². The van der Waals surface area contributed by atoms with E-state index in [-0.39, 0.29) is 5.28 Å². The van der Waals surface area contributed by atoms with E-state index in [2.05, 4.69) is 20.0 Å². The van der Waals surface area contributed by atoms with Gasteiger partial charge >= 0.3 is 0 Å². The molecule has 100 valence electrons. The van der Waals surface area contributed by atoms with Crippen molar-refractivity contribution < 1.29 is 4.74 Å². The fourth-order valence-electron chi connectivity index (χ4n) is 3.08. The van der Waals surface area contributed by atoms with Gasteiger partial charge in [-0.05, 0) is 11.6 Å². The van der Waals surface area contributed by atoms with Crippen LogP contribution in [0.5, 0.6) is 0 Å². The second-order valence-corrected chi connectivity index (χ2v) is 5.62. The van der Waals surface area contributed by atoms with Crippen molar-refractivity contribution in [1.29, 1.82) is 0 Å². The molecule has 2 aliphatic rings. The molecule has 0 unspecified atom stereocenters. The van der Waals surface area contributed by atoms with Crippen molar-refractivity contribution >= 4 is 28.5 Å². The molecule has 6 nitrogen and oxygen atoms in total. The van der Waals surface area contributed by atoms with E-state index in [1.165, 1.54) is 0 Å². The molecule has 19 heavy (non-hydrogen) atoms. The molecule has 2 atom stereocenters. The lowest BCUT2D eigenvalue weighted by Gasteiger charge is -2.19. The van der Waals surface area contributed by atoms with E-state index in [1.54, 1.807) is 4.68 Å². The average Bonchev–Trinajstić information content (AvgIpc) is 3.03. The van der Waals surface area contributed by atoms with Gasteiger partial charge in [0.1, 0.15) is 5.82 Å². The Labute approximate surface area is 115 Å². The third-order valence-electron chi connectivity index (χ3n) is 4.08. The summed E-state index contributed by atoms with van der Waals surface area (Å²) in [7, 11) is 1.86. The van der Waals surface area contributed by atoms with E-state index in [0.717, 1.165) is 43.2 Å². The summed E-state index contributed by atoms with van der Waals surface area (Å²) >= 11 is 6.04. The zero-order valence-electron chi connectivity index (χ0n) is 10.6. The molecular weight excluding hydrogens is 266 g/mol. The van der Waals surface area contributed by atoms with E-state index in [1.807, 2.05) is 13.2 Å². The van der Waals surface area contributed by atoms with Crippen molar-refractivity contribution in [1.82, 2.24) is 19.7 Å². The quantitative estimate of drug-likeness (QED) is 0.732. The highest BCUT2D eigenvalue weighted by molar-refractivity contribution is 6.28. The van der Waals surface area contributed by atoms with Crippen LogP contribution in [0.25, 0.3) is 11.0 Å². The monoisotopic (exact) mass is 279 g/mol. The lowest BCUT2D eigenvalue weighted by Crippen LogP contribution is -2.23. The van der Waals surface area contributed by atoms with Crippen LogP contribution in [0.15, 0.2) is 6.20 Å². The van der Waals surface area contributed by atoms with Crippen molar-refractivity contribution in [3.8, 4) is 0 Å². The molecule has 7 heteroatoms. The van der Waals surface area contributed by atoms with Crippen LogP contribution in [-0.2, 0) is 11.8 Å². The van der Waals surface area contributed by atoms with Gasteiger partial charge in [0, 0.05) is 32.0 Å². The summed E-state index contributed by atoms with van der Waals surface area (Å²) in [5.41, 5.74) is 0.781. The van der Waals surface area contributed by atoms with Crippen molar-refractivity contribution in [2.24, 2.45) is 18.9 Å². The molecule has 0 amide bonds. The van der Waals surface area contributed by atoms with Gasteiger partial charge in [0.2, 0.25) is 5.28 Å². The number of rotatable bonds is 1. The fraction of sp³-hybridized carbons (Fsp3) is 0.583. The van der Waals surface area contributed by atoms with Crippen LogP contribution in [0.3, 0.4) is 0 Å². The van der Waals surface area contributed by atoms with Crippen LogP contribution in [0.1, 0.15) is 0 Å². The second kappa shape index (κ2) is 4.05. The Hall–Kier alpha value is -1.40. The first-order valence-corrected chi connectivity index (χ1v) is 6.78.